The average molecular weight is 355 g/mol. The number of aryl methyl sites for hydroxylation is 1. The number of amides is 1. The van der Waals surface area contributed by atoms with E-state index in [2.05, 4.69) is 9.88 Å². The van der Waals surface area contributed by atoms with E-state index in [4.69, 9.17) is 9.47 Å². The summed E-state index contributed by atoms with van der Waals surface area (Å²) in [6.45, 7) is 3.11. The van der Waals surface area contributed by atoms with Gasteiger partial charge >= 0.3 is 0 Å². The van der Waals surface area contributed by atoms with Gasteiger partial charge in [-0.05, 0) is 36.2 Å². The van der Waals surface area contributed by atoms with Crippen molar-refractivity contribution in [1.82, 2.24) is 9.88 Å². The number of rotatable bonds is 6. The first-order chi connectivity index (χ1) is 12.7. The molecule has 1 aliphatic heterocycles. The monoisotopic (exact) mass is 355 g/mol. The quantitative estimate of drug-likeness (QED) is 0.796. The molecule has 1 fully saturated rings. The minimum absolute atomic E-state index is 0.195. The molecule has 0 saturated carbocycles. The highest BCUT2D eigenvalue weighted by molar-refractivity contribution is 5.76. The number of hydrogen-bond acceptors (Lipinski definition) is 5. The minimum Gasteiger partial charge on any atom is -0.493 e. The molecule has 0 aliphatic carbocycles. The van der Waals surface area contributed by atoms with Crippen LogP contribution in [0, 0.1) is 0 Å². The molecule has 1 aliphatic rings. The van der Waals surface area contributed by atoms with Gasteiger partial charge in [-0.2, -0.15) is 0 Å². The first-order valence-corrected chi connectivity index (χ1v) is 8.86. The van der Waals surface area contributed by atoms with Crippen LogP contribution in [0.3, 0.4) is 0 Å². The van der Waals surface area contributed by atoms with Crippen LogP contribution in [0.4, 0.5) is 5.82 Å². The fraction of sp³-hybridized carbons (Fsp3) is 0.400. The SMILES string of the molecule is COc1ccc(CCC(=O)N2CCN(c3ccccn3)CC2)cc1OC. The van der Waals surface area contributed by atoms with Gasteiger partial charge in [0.1, 0.15) is 5.82 Å². The zero-order valence-electron chi connectivity index (χ0n) is 15.4. The molecule has 138 valence electrons. The largest absolute Gasteiger partial charge is 0.493 e. The van der Waals surface area contributed by atoms with E-state index in [9.17, 15) is 4.79 Å². The number of methoxy groups -OCH3 is 2. The van der Waals surface area contributed by atoms with Crippen molar-refractivity contribution in [2.75, 3.05) is 45.3 Å². The zero-order valence-corrected chi connectivity index (χ0v) is 15.4. The number of carbonyl (C=O) groups excluding carboxylic acids is 1. The lowest BCUT2D eigenvalue weighted by molar-refractivity contribution is -0.131. The van der Waals surface area contributed by atoms with Crippen molar-refractivity contribution in [3.63, 3.8) is 0 Å². The van der Waals surface area contributed by atoms with Crippen molar-refractivity contribution in [1.29, 1.82) is 0 Å². The van der Waals surface area contributed by atoms with Crippen LogP contribution in [0.25, 0.3) is 0 Å². The first-order valence-electron chi connectivity index (χ1n) is 8.86. The molecule has 26 heavy (non-hydrogen) atoms. The second kappa shape index (κ2) is 8.56. The third kappa shape index (κ3) is 4.25. The highest BCUT2D eigenvalue weighted by Gasteiger charge is 2.21. The number of piperazine rings is 1. The summed E-state index contributed by atoms with van der Waals surface area (Å²) in [7, 11) is 3.24. The summed E-state index contributed by atoms with van der Waals surface area (Å²) in [5.74, 6) is 2.57. The fourth-order valence-corrected chi connectivity index (χ4v) is 3.17. The van der Waals surface area contributed by atoms with Gasteiger partial charge in [-0.25, -0.2) is 4.98 Å². The number of ether oxygens (including phenoxy) is 2. The maximum Gasteiger partial charge on any atom is 0.223 e. The summed E-state index contributed by atoms with van der Waals surface area (Å²) in [6.07, 6.45) is 2.99. The number of aromatic nitrogens is 1. The molecule has 1 saturated heterocycles. The van der Waals surface area contributed by atoms with E-state index in [-0.39, 0.29) is 5.91 Å². The predicted octanol–water partition coefficient (Wildman–Crippen LogP) is 2.38. The Morgan fingerprint density at radius 3 is 2.46 bits per heavy atom. The average Bonchev–Trinajstić information content (AvgIpc) is 2.72. The standard InChI is InChI=1S/C20H25N3O3/c1-25-17-8-6-16(15-18(17)26-2)7-9-20(24)23-13-11-22(12-14-23)19-5-3-4-10-21-19/h3-6,8,10,15H,7,9,11-14H2,1-2H3. The van der Waals surface area contributed by atoms with E-state index in [0.717, 1.165) is 37.6 Å². The summed E-state index contributed by atoms with van der Waals surface area (Å²) in [5, 5.41) is 0. The second-order valence-corrected chi connectivity index (χ2v) is 6.25. The normalized spacial score (nSPS) is 14.2. The zero-order chi connectivity index (χ0) is 18.4. The van der Waals surface area contributed by atoms with Crippen molar-refractivity contribution in [3.8, 4) is 11.5 Å². The molecule has 2 heterocycles. The van der Waals surface area contributed by atoms with Gasteiger partial charge in [0, 0.05) is 38.8 Å². The lowest BCUT2D eigenvalue weighted by Crippen LogP contribution is -2.49. The third-order valence-electron chi connectivity index (χ3n) is 4.68. The second-order valence-electron chi connectivity index (χ2n) is 6.25. The Labute approximate surface area is 154 Å². The Morgan fingerprint density at radius 2 is 1.81 bits per heavy atom. The Kier molecular flexibility index (Phi) is 5.94. The molecule has 0 bridgehead atoms. The number of pyridine rings is 1. The van der Waals surface area contributed by atoms with E-state index >= 15 is 0 Å². The summed E-state index contributed by atoms with van der Waals surface area (Å²) in [6, 6.07) is 11.7. The lowest BCUT2D eigenvalue weighted by atomic mass is 10.1. The van der Waals surface area contributed by atoms with Crippen molar-refractivity contribution < 1.29 is 14.3 Å². The van der Waals surface area contributed by atoms with Crippen LogP contribution >= 0.6 is 0 Å². The molecule has 3 rings (SSSR count). The van der Waals surface area contributed by atoms with Gasteiger partial charge in [-0.1, -0.05) is 12.1 Å². The summed E-state index contributed by atoms with van der Waals surface area (Å²) < 4.78 is 10.6. The van der Waals surface area contributed by atoms with Crippen LogP contribution in [0.2, 0.25) is 0 Å². The van der Waals surface area contributed by atoms with Gasteiger partial charge in [0.15, 0.2) is 11.5 Å². The Morgan fingerprint density at radius 1 is 1.04 bits per heavy atom. The molecule has 1 amide bonds. The van der Waals surface area contributed by atoms with Gasteiger partial charge in [-0.3, -0.25) is 4.79 Å². The van der Waals surface area contributed by atoms with Crippen LogP contribution in [0.1, 0.15) is 12.0 Å². The molecular formula is C20H25N3O3. The van der Waals surface area contributed by atoms with Crippen molar-refractivity contribution in [2.24, 2.45) is 0 Å². The molecule has 6 heteroatoms. The van der Waals surface area contributed by atoms with Crippen LogP contribution in [-0.2, 0) is 11.2 Å². The van der Waals surface area contributed by atoms with Gasteiger partial charge in [-0.15, -0.1) is 0 Å². The van der Waals surface area contributed by atoms with Crippen LogP contribution in [0.5, 0.6) is 11.5 Å². The number of carbonyl (C=O) groups is 1. The Balaban J connectivity index is 1.50. The number of anilines is 1. The van der Waals surface area contributed by atoms with Crippen molar-refractivity contribution in [3.05, 3.63) is 48.2 Å². The predicted molar refractivity (Wildman–Crippen MR) is 101 cm³/mol. The molecular weight excluding hydrogens is 330 g/mol. The molecule has 0 N–H and O–H groups in total. The topological polar surface area (TPSA) is 54.9 Å². The van der Waals surface area contributed by atoms with Crippen LogP contribution in [0.15, 0.2) is 42.6 Å². The summed E-state index contributed by atoms with van der Waals surface area (Å²) in [4.78, 5) is 21.1. The fourth-order valence-electron chi connectivity index (χ4n) is 3.17. The van der Waals surface area contributed by atoms with Gasteiger partial charge in [0.05, 0.1) is 14.2 Å². The molecule has 0 atom stereocenters. The number of hydrogen-bond donors (Lipinski definition) is 0. The molecule has 1 aromatic heterocycles. The van der Waals surface area contributed by atoms with Gasteiger partial charge < -0.3 is 19.3 Å². The van der Waals surface area contributed by atoms with E-state index < -0.39 is 0 Å². The lowest BCUT2D eigenvalue weighted by Gasteiger charge is -2.35. The number of benzene rings is 1. The Bertz CT molecular complexity index is 728. The molecule has 0 spiro atoms. The van der Waals surface area contributed by atoms with E-state index in [1.54, 1.807) is 20.4 Å². The van der Waals surface area contributed by atoms with Crippen LogP contribution < -0.4 is 14.4 Å². The molecule has 0 unspecified atom stereocenters. The first kappa shape index (κ1) is 18.0. The summed E-state index contributed by atoms with van der Waals surface area (Å²) >= 11 is 0. The molecule has 0 radical (unpaired) electrons. The molecule has 1 aromatic carbocycles. The maximum absolute atomic E-state index is 12.5. The smallest absolute Gasteiger partial charge is 0.223 e. The molecule has 6 nitrogen and oxygen atoms in total. The van der Waals surface area contributed by atoms with E-state index in [1.165, 1.54) is 0 Å². The van der Waals surface area contributed by atoms with Gasteiger partial charge in [0.25, 0.3) is 0 Å². The van der Waals surface area contributed by atoms with Gasteiger partial charge in [0.2, 0.25) is 5.91 Å². The highest BCUT2D eigenvalue weighted by Crippen LogP contribution is 2.28. The minimum atomic E-state index is 0.195. The number of nitrogens with zero attached hydrogens (tertiary/aromatic N) is 3. The van der Waals surface area contributed by atoms with Crippen LogP contribution in [-0.4, -0.2) is 56.2 Å². The Hall–Kier alpha value is -2.76. The van der Waals surface area contributed by atoms with Crippen molar-refractivity contribution >= 4 is 11.7 Å². The van der Waals surface area contributed by atoms with E-state index in [0.29, 0.717) is 24.3 Å². The van der Waals surface area contributed by atoms with E-state index in [1.807, 2.05) is 41.3 Å². The maximum atomic E-state index is 12.5. The molecule has 2 aromatic rings. The highest BCUT2D eigenvalue weighted by atomic mass is 16.5. The van der Waals surface area contributed by atoms with Crippen molar-refractivity contribution in [2.45, 2.75) is 12.8 Å². The summed E-state index contributed by atoms with van der Waals surface area (Å²) in [5.41, 5.74) is 1.07. The third-order valence-corrected chi connectivity index (χ3v) is 4.68.